The van der Waals surface area contributed by atoms with Crippen LogP contribution in [0.1, 0.15) is 11.7 Å². The van der Waals surface area contributed by atoms with E-state index < -0.39 is 0 Å². The fourth-order valence-corrected chi connectivity index (χ4v) is 1.73. The molecule has 3 nitrogen and oxygen atoms in total. The average molecular weight is 234 g/mol. The number of aromatic nitrogens is 1. The van der Waals surface area contributed by atoms with Gasteiger partial charge in [0, 0.05) is 11.6 Å². The lowest BCUT2D eigenvalue weighted by Crippen LogP contribution is -2.36. The van der Waals surface area contributed by atoms with Gasteiger partial charge < -0.3 is 0 Å². The monoisotopic (exact) mass is 234 g/mol. The Morgan fingerprint density at radius 1 is 1.35 bits per heavy atom. The van der Waals surface area contributed by atoms with E-state index in [4.69, 9.17) is 0 Å². The van der Waals surface area contributed by atoms with Crippen molar-refractivity contribution in [2.75, 3.05) is 14.1 Å². The van der Waals surface area contributed by atoms with Gasteiger partial charge in [-0.05, 0) is 45.3 Å². The first kappa shape index (κ1) is 11.8. The zero-order chi connectivity index (χ0) is 12.6. The number of benzene rings is 1. The molecule has 4 heteroatoms. The van der Waals surface area contributed by atoms with E-state index in [-0.39, 0.29) is 17.8 Å². The lowest BCUT2D eigenvalue weighted by atomic mass is 10.2. The number of fused-ring (bicyclic) bond motifs is 1. The highest BCUT2D eigenvalue weighted by atomic mass is 19.1. The Morgan fingerprint density at radius 2 is 2.06 bits per heavy atom. The number of carbonyl (C=O) groups excluding carboxylic acids is 1. The summed E-state index contributed by atoms with van der Waals surface area (Å²) in [7, 11) is 3.71. The Balaban J connectivity index is 2.46. The lowest BCUT2D eigenvalue weighted by Gasteiger charge is -2.19. The molecule has 1 atom stereocenters. The summed E-state index contributed by atoms with van der Waals surface area (Å²) in [6.07, 6.45) is 1.69. The molecule has 2 rings (SSSR count). The maximum absolute atomic E-state index is 13.0. The third-order valence-corrected chi connectivity index (χ3v) is 3.02. The number of hydrogen-bond donors (Lipinski definition) is 0. The van der Waals surface area contributed by atoms with Crippen molar-refractivity contribution in [2.24, 2.45) is 0 Å². The molecule has 0 aliphatic heterocycles. The minimum absolute atomic E-state index is 0.0170. The molecule has 0 spiro atoms. The van der Waals surface area contributed by atoms with E-state index in [1.807, 2.05) is 25.9 Å². The van der Waals surface area contributed by atoms with Gasteiger partial charge in [-0.25, -0.2) is 4.39 Å². The van der Waals surface area contributed by atoms with Crippen molar-refractivity contribution in [3.63, 3.8) is 0 Å². The second-order valence-corrected chi connectivity index (χ2v) is 4.37. The largest absolute Gasteiger partial charge is 0.298 e. The fraction of sp³-hybridized carbons (Fsp3) is 0.308. The zero-order valence-electron chi connectivity index (χ0n) is 10.1. The average Bonchev–Trinajstić information content (AvgIpc) is 2.69. The van der Waals surface area contributed by atoms with E-state index in [1.54, 1.807) is 22.9 Å². The summed E-state index contributed by atoms with van der Waals surface area (Å²) in [5.41, 5.74) is 0.741. The standard InChI is InChI=1S/C13H15FN2O/c1-9(15(2)3)13(17)16-7-6-10-8-11(14)4-5-12(10)16/h4-9H,1-3H3/t9-/m0/s1. The van der Waals surface area contributed by atoms with Crippen LogP contribution in [0, 0.1) is 5.82 Å². The van der Waals surface area contributed by atoms with Gasteiger partial charge in [-0.15, -0.1) is 0 Å². The SMILES string of the molecule is C[C@@H](C(=O)n1ccc2cc(F)ccc21)N(C)C. The van der Waals surface area contributed by atoms with Crippen LogP contribution in [0.4, 0.5) is 4.39 Å². The summed E-state index contributed by atoms with van der Waals surface area (Å²) in [6.45, 7) is 1.84. The lowest BCUT2D eigenvalue weighted by molar-refractivity contribution is 0.0809. The summed E-state index contributed by atoms with van der Waals surface area (Å²) in [6, 6.07) is 5.96. The Morgan fingerprint density at radius 3 is 2.71 bits per heavy atom. The first-order chi connectivity index (χ1) is 8.00. The van der Waals surface area contributed by atoms with Gasteiger partial charge in [0.1, 0.15) is 5.82 Å². The predicted molar refractivity (Wildman–Crippen MR) is 65.7 cm³/mol. The van der Waals surface area contributed by atoms with Crippen molar-refractivity contribution in [3.8, 4) is 0 Å². The summed E-state index contributed by atoms with van der Waals surface area (Å²) < 4.78 is 14.6. The van der Waals surface area contributed by atoms with Crippen LogP contribution in [0.3, 0.4) is 0 Å². The Kier molecular flexibility index (Phi) is 2.98. The maximum atomic E-state index is 13.0. The molecule has 1 heterocycles. The van der Waals surface area contributed by atoms with Gasteiger partial charge in [-0.2, -0.15) is 0 Å². The highest BCUT2D eigenvalue weighted by Gasteiger charge is 2.18. The summed E-state index contributed by atoms with van der Waals surface area (Å²) >= 11 is 0. The van der Waals surface area contributed by atoms with Crippen LogP contribution in [0.5, 0.6) is 0 Å². The van der Waals surface area contributed by atoms with E-state index in [9.17, 15) is 9.18 Å². The second-order valence-electron chi connectivity index (χ2n) is 4.37. The van der Waals surface area contributed by atoms with E-state index in [1.165, 1.54) is 12.1 Å². The molecular formula is C13H15FN2O. The maximum Gasteiger partial charge on any atom is 0.248 e. The van der Waals surface area contributed by atoms with E-state index in [0.29, 0.717) is 0 Å². The molecule has 2 aromatic rings. The van der Waals surface area contributed by atoms with Crippen molar-refractivity contribution in [1.29, 1.82) is 0 Å². The van der Waals surface area contributed by atoms with Crippen molar-refractivity contribution < 1.29 is 9.18 Å². The molecule has 90 valence electrons. The summed E-state index contributed by atoms with van der Waals surface area (Å²) in [5.74, 6) is -0.306. The minimum Gasteiger partial charge on any atom is -0.298 e. The van der Waals surface area contributed by atoms with Crippen LogP contribution < -0.4 is 0 Å². The smallest absolute Gasteiger partial charge is 0.248 e. The minimum atomic E-state index is -0.289. The number of halogens is 1. The Labute approximate surface area is 99.4 Å². The highest BCUT2D eigenvalue weighted by molar-refractivity contribution is 5.94. The molecule has 0 aliphatic rings. The fourth-order valence-electron chi connectivity index (χ4n) is 1.73. The van der Waals surface area contributed by atoms with Crippen LogP contribution in [0.15, 0.2) is 30.5 Å². The molecule has 1 aromatic heterocycles. The topological polar surface area (TPSA) is 25.2 Å². The van der Waals surface area contributed by atoms with Crippen molar-refractivity contribution >= 4 is 16.8 Å². The Hall–Kier alpha value is -1.68. The zero-order valence-corrected chi connectivity index (χ0v) is 10.1. The molecule has 0 N–H and O–H groups in total. The first-order valence-corrected chi connectivity index (χ1v) is 5.48. The molecule has 0 unspecified atom stereocenters. The molecule has 17 heavy (non-hydrogen) atoms. The van der Waals surface area contributed by atoms with Crippen LogP contribution >= 0.6 is 0 Å². The van der Waals surface area contributed by atoms with E-state index in [0.717, 1.165) is 10.9 Å². The highest BCUT2D eigenvalue weighted by Crippen LogP contribution is 2.17. The van der Waals surface area contributed by atoms with Gasteiger partial charge in [0.05, 0.1) is 11.6 Å². The molecule has 0 saturated heterocycles. The first-order valence-electron chi connectivity index (χ1n) is 5.48. The molecular weight excluding hydrogens is 219 g/mol. The normalized spacial score (nSPS) is 13.2. The number of likely N-dealkylation sites (N-methyl/N-ethyl adjacent to an activating group) is 1. The van der Waals surface area contributed by atoms with Crippen molar-refractivity contribution in [2.45, 2.75) is 13.0 Å². The van der Waals surface area contributed by atoms with E-state index in [2.05, 4.69) is 0 Å². The van der Waals surface area contributed by atoms with Gasteiger partial charge >= 0.3 is 0 Å². The van der Waals surface area contributed by atoms with Crippen LogP contribution in [-0.2, 0) is 0 Å². The Bertz CT molecular complexity index is 560. The number of carbonyl (C=O) groups is 1. The van der Waals surface area contributed by atoms with Gasteiger partial charge in [0.25, 0.3) is 0 Å². The number of nitrogens with zero attached hydrogens (tertiary/aromatic N) is 2. The quantitative estimate of drug-likeness (QED) is 0.797. The molecule has 0 saturated carbocycles. The van der Waals surface area contributed by atoms with Gasteiger partial charge in [-0.1, -0.05) is 0 Å². The number of hydrogen-bond acceptors (Lipinski definition) is 2. The van der Waals surface area contributed by atoms with Crippen LogP contribution in [0.25, 0.3) is 10.9 Å². The van der Waals surface area contributed by atoms with E-state index >= 15 is 0 Å². The van der Waals surface area contributed by atoms with Crippen LogP contribution in [-0.4, -0.2) is 35.5 Å². The third kappa shape index (κ3) is 2.08. The van der Waals surface area contributed by atoms with Gasteiger partial charge in [0.2, 0.25) is 5.91 Å². The molecule has 1 aromatic carbocycles. The predicted octanol–water partition coefficient (Wildman–Crippen LogP) is 2.37. The van der Waals surface area contributed by atoms with Crippen LogP contribution in [0.2, 0.25) is 0 Å². The summed E-state index contributed by atoms with van der Waals surface area (Å²) in [4.78, 5) is 14.0. The second kappa shape index (κ2) is 4.30. The molecule has 0 amide bonds. The molecule has 0 radical (unpaired) electrons. The van der Waals surface area contributed by atoms with Gasteiger partial charge in [0.15, 0.2) is 0 Å². The summed E-state index contributed by atoms with van der Waals surface area (Å²) in [5, 5.41) is 0.740. The van der Waals surface area contributed by atoms with Crippen molar-refractivity contribution in [3.05, 3.63) is 36.3 Å². The number of rotatable bonds is 2. The molecule has 0 fully saturated rings. The molecule has 0 bridgehead atoms. The third-order valence-electron chi connectivity index (χ3n) is 3.02. The van der Waals surface area contributed by atoms with Crippen molar-refractivity contribution in [1.82, 2.24) is 9.47 Å². The van der Waals surface area contributed by atoms with Gasteiger partial charge in [-0.3, -0.25) is 14.3 Å². The molecule has 0 aliphatic carbocycles.